The third-order valence-electron chi connectivity index (χ3n) is 8.37. The van der Waals surface area contributed by atoms with Crippen molar-refractivity contribution >= 4 is 0 Å². The second-order valence-electron chi connectivity index (χ2n) is 10.5. The van der Waals surface area contributed by atoms with Gasteiger partial charge in [-0.05, 0) is 86.9 Å². The number of unbranched alkanes of at least 4 members (excludes halogenated alkanes) is 2. The minimum Gasteiger partial charge on any atom is -0.0848 e. The average Bonchev–Trinajstić information content (AvgIpc) is 2.75. The minimum absolute atomic E-state index is 0.731. The summed E-state index contributed by atoms with van der Waals surface area (Å²) in [4.78, 5) is 0. The summed E-state index contributed by atoms with van der Waals surface area (Å²) in [6.45, 7) is 4.67. The van der Waals surface area contributed by atoms with Crippen molar-refractivity contribution in [2.45, 2.75) is 117 Å². The van der Waals surface area contributed by atoms with Crippen molar-refractivity contribution in [3.05, 3.63) is 24.3 Å². The Balaban J connectivity index is 1.34. The summed E-state index contributed by atoms with van der Waals surface area (Å²) in [5.41, 5.74) is 0. The highest BCUT2D eigenvalue weighted by molar-refractivity contribution is 5.08. The molecule has 0 aliphatic heterocycles. The number of hydrogen-bond donors (Lipinski definition) is 0. The molecule has 0 nitrogen and oxygen atoms in total. The first-order valence-electron chi connectivity index (χ1n) is 13.1. The maximum Gasteiger partial charge on any atom is -0.00531 e. The highest BCUT2D eigenvalue weighted by Gasteiger charge is 2.28. The van der Waals surface area contributed by atoms with Crippen LogP contribution in [-0.4, -0.2) is 0 Å². The fourth-order valence-electron chi connectivity index (χ4n) is 6.38. The molecule has 0 aromatic carbocycles. The SMILES string of the molecule is CCCCCC1CCC(C2C=CC(/C=C/C3CCC(CCC)CC3)CC2)CC1. The third kappa shape index (κ3) is 7.07. The first kappa shape index (κ1) is 22.2. The largest absolute Gasteiger partial charge is 0.0848 e. The van der Waals surface area contributed by atoms with E-state index in [-0.39, 0.29) is 0 Å². The molecule has 0 saturated heterocycles. The van der Waals surface area contributed by atoms with Crippen molar-refractivity contribution in [2.75, 3.05) is 0 Å². The van der Waals surface area contributed by atoms with Crippen molar-refractivity contribution < 1.29 is 0 Å². The molecule has 0 amide bonds. The topological polar surface area (TPSA) is 0 Å². The molecule has 3 aliphatic carbocycles. The van der Waals surface area contributed by atoms with E-state index >= 15 is 0 Å². The van der Waals surface area contributed by atoms with Gasteiger partial charge in [-0.25, -0.2) is 0 Å². The van der Waals surface area contributed by atoms with Gasteiger partial charge in [0, 0.05) is 0 Å². The van der Waals surface area contributed by atoms with Gasteiger partial charge in [0.2, 0.25) is 0 Å². The van der Waals surface area contributed by atoms with Crippen LogP contribution in [0.4, 0.5) is 0 Å². The number of allylic oxidation sites excluding steroid dienone is 4. The fourth-order valence-corrected chi connectivity index (χ4v) is 6.38. The Morgan fingerprint density at radius 3 is 2.00 bits per heavy atom. The standard InChI is InChI=1S/C28H48/c1-3-5-6-8-24-15-19-27(20-16-24)28-21-17-26(18-22-28)14-13-25-11-9-23(7-4-2)10-12-25/h13-14,17,21,23-28H,3-12,15-16,18-20,22H2,1-2H3/b14-13+. The van der Waals surface area contributed by atoms with Crippen LogP contribution in [0, 0.1) is 35.5 Å². The highest BCUT2D eigenvalue weighted by Crippen LogP contribution is 2.40. The predicted octanol–water partition coefficient (Wildman–Crippen LogP) is 9.12. The summed E-state index contributed by atoms with van der Waals surface area (Å²) in [6.07, 6.45) is 33.7. The van der Waals surface area contributed by atoms with Gasteiger partial charge >= 0.3 is 0 Å². The predicted molar refractivity (Wildman–Crippen MR) is 124 cm³/mol. The minimum atomic E-state index is 0.731. The van der Waals surface area contributed by atoms with Crippen molar-refractivity contribution in [1.82, 2.24) is 0 Å². The van der Waals surface area contributed by atoms with E-state index in [0.717, 1.165) is 35.5 Å². The average molecular weight is 385 g/mol. The zero-order chi connectivity index (χ0) is 19.6. The second-order valence-corrected chi connectivity index (χ2v) is 10.5. The molecule has 2 unspecified atom stereocenters. The lowest BCUT2D eigenvalue weighted by Crippen LogP contribution is -2.23. The molecule has 2 fully saturated rings. The molecule has 0 radical (unpaired) electrons. The number of hydrogen-bond acceptors (Lipinski definition) is 0. The molecule has 160 valence electrons. The summed E-state index contributed by atoms with van der Waals surface area (Å²) in [7, 11) is 0. The lowest BCUT2D eigenvalue weighted by atomic mass is 9.71. The second kappa shape index (κ2) is 12.2. The quantitative estimate of drug-likeness (QED) is 0.274. The van der Waals surface area contributed by atoms with Crippen molar-refractivity contribution in [1.29, 1.82) is 0 Å². The summed E-state index contributed by atoms with van der Waals surface area (Å²) < 4.78 is 0. The molecule has 3 rings (SSSR count). The van der Waals surface area contributed by atoms with Crippen LogP contribution in [-0.2, 0) is 0 Å². The van der Waals surface area contributed by atoms with E-state index in [1.807, 2.05) is 0 Å². The van der Waals surface area contributed by atoms with Crippen LogP contribution < -0.4 is 0 Å². The zero-order valence-corrected chi connectivity index (χ0v) is 19.1. The van der Waals surface area contributed by atoms with Crippen LogP contribution >= 0.6 is 0 Å². The first-order valence-corrected chi connectivity index (χ1v) is 13.1. The van der Waals surface area contributed by atoms with Crippen LogP contribution in [0.5, 0.6) is 0 Å². The third-order valence-corrected chi connectivity index (χ3v) is 8.37. The van der Waals surface area contributed by atoms with Gasteiger partial charge in [-0.15, -0.1) is 0 Å². The Morgan fingerprint density at radius 2 is 1.36 bits per heavy atom. The van der Waals surface area contributed by atoms with Gasteiger partial charge in [-0.3, -0.25) is 0 Å². The Kier molecular flexibility index (Phi) is 9.69. The Labute approximate surface area is 176 Å². The van der Waals surface area contributed by atoms with E-state index in [1.165, 1.54) is 103 Å². The lowest BCUT2D eigenvalue weighted by Gasteiger charge is -2.35. The van der Waals surface area contributed by atoms with Gasteiger partial charge in [-0.2, -0.15) is 0 Å². The van der Waals surface area contributed by atoms with E-state index in [0.29, 0.717) is 0 Å². The van der Waals surface area contributed by atoms with Crippen LogP contribution in [0.3, 0.4) is 0 Å². The van der Waals surface area contributed by atoms with E-state index in [4.69, 9.17) is 0 Å². The summed E-state index contributed by atoms with van der Waals surface area (Å²) in [5.74, 6) is 5.59. The van der Waals surface area contributed by atoms with E-state index in [1.54, 1.807) is 0 Å². The molecule has 0 aromatic heterocycles. The maximum atomic E-state index is 2.62. The van der Waals surface area contributed by atoms with Gasteiger partial charge in [0.15, 0.2) is 0 Å². The van der Waals surface area contributed by atoms with Gasteiger partial charge in [0.05, 0.1) is 0 Å². The van der Waals surface area contributed by atoms with Crippen LogP contribution in [0.15, 0.2) is 24.3 Å². The van der Waals surface area contributed by atoms with Crippen LogP contribution in [0.2, 0.25) is 0 Å². The molecular weight excluding hydrogens is 336 g/mol. The summed E-state index contributed by atoms with van der Waals surface area (Å²) in [6, 6.07) is 0. The molecule has 2 saturated carbocycles. The monoisotopic (exact) mass is 384 g/mol. The van der Waals surface area contributed by atoms with E-state index in [2.05, 4.69) is 38.2 Å². The molecule has 0 N–H and O–H groups in total. The molecule has 0 bridgehead atoms. The molecule has 0 heteroatoms. The molecule has 28 heavy (non-hydrogen) atoms. The molecule has 2 atom stereocenters. The Bertz CT molecular complexity index is 456. The molecule has 3 aliphatic rings. The highest BCUT2D eigenvalue weighted by atomic mass is 14.3. The lowest BCUT2D eigenvalue weighted by molar-refractivity contribution is 0.206. The molecular formula is C28H48. The van der Waals surface area contributed by atoms with Crippen molar-refractivity contribution in [3.8, 4) is 0 Å². The first-order chi connectivity index (χ1) is 13.8. The summed E-state index contributed by atoms with van der Waals surface area (Å²) >= 11 is 0. The molecule has 0 spiro atoms. The normalized spacial score (nSPS) is 36.8. The van der Waals surface area contributed by atoms with Crippen molar-refractivity contribution in [2.24, 2.45) is 35.5 Å². The summed E-state index contributed by atoms with van der Waals surface area (Å²) in [5, 5.41) is 0. The van der Waals surface area contributed by atoms with Crippen molar-refractivity contribution in [3.63, 3.8) is 0 Å². The zero-order valence-electron chi connectivity index (χ0n) is 19.1. The van der Waals surface area contributed by atoms with Crippen LogP contribution in [0.25, 0.3) is 0 Å². The Hall–Kier alpha value is -0.520. The van der Waals surface area contributed by atoms with Gasteiger partial charge < -0.3 is 0 Å². The van der Waals surface area contributed by atoms with Gasteiger partial charge in [0.25, 0.3) is 0 Å². The fraction of sp³-hybridized carbons (Fsp3) is 0.857. The Morgan fingerprint density at radius 1 is 0.643 bits per heavy atom. The number of rotatable bonds is 9. The van der Waals surface area contributed by atoms with Gasteiger partial charge in [-0.1, -0.05) is 89.5 Å². The van der Waals surface area contributed by atoms with E-state index in [9.17, 15) is 0 Å². The maximum absolute atomic E-state index is 2.62. The smallest absolute Gasteiger partial charge is 0.00531 e. The molecule has 0 aromatic rings. The molecule has 0 heterocycles. The van der Waals surface area contributed by atoms with Crippen LogP contribution in [0.1, 0.15) is 117 Å². The van der Waals surface area contributed by atoms with E-state index < -0.39 is 0 Å². The van der Waals surface area contributed by atoms with Gasteiger partial charge in [0.1, 0.15) is 0 Å².